The molecule has 112 valence electrons. The van der Waals surface area contributed by atoms with E-state index in [-0.39, 0.29) is 5.91 Å². The monoisotopic (exact) mass is 285 g/mol. The highest BCUT2D eigenvalue weighted by atomic mass is 16.3. The maximum Gasteiger partial charge on any atom is 0.224 e. The van der Waals surface area contributed by atoms with Crippen LogP contribution in [-0.2, 0) is 11.2 Å². The first-order chi connectivity index (χ1) is 10.1. The quantitative estimate of drug-likeness (QED) is 0.924. The number of carbonyl (C=O) groups excluding carboxylic acids is 1. The second kappa shape index (κ2) is 5.92. The fourth-order valence-corrected chi connectivity index (χ4v) is 3.22. The molecular weight excluding hydrogens is 262 g/mol. The van der Waals surface area contributed by atoms with E-state index in [0.29, 0.717) is 12.5 Å². The summed E-state index contributed by atoms with van der Waals surface area (Å²) >= 11 is 0. The Balaban J connectivity index is 1.72. The molecule has 1 amide bonds. The minimum absolute atomic E-state index is 0.114. The van der Waals surface area contributed by atoms with Gasteiger partial charge in [-0.05, 0) is 37.8 Å². The smallest absolute Gasteiger partial charge is 0.224 e. The third-order valence-corrected chi connectivity index (χ3v) is 4.66. The van der Waals surface area contributed by atoms with Crippen molar-refractivity contribution in [2.45, 2.75) is 58.4 Å². The van der Waals surface area contributed by atoms with Crippen LogP contribution in [0.5, 0.6) is 0 Å². The average molecular weight is 285 g/mol. The third-order valence-electron chi connectivity index (χ3n) is 4.66. The van der Waals surface area contributed by atoms with Gasteiger partial charge in [-0.25, -0.2) is 0 Å². The molecular formula is C18H23NO2. The number of carbonyl (C=O) groups is 1. The highest BCUT2D eigenvalue weighted by molar-refractivity contribution is 5.89. The standard InChI is InChI=1S/C18H23NO2/c1-12-8-9-16-14(11-21-18(16)13(12)2)10-17(20)19-15-6-4-3-5-7-15/h8-9,11,15H,3-7,10H2,1-2H3,(H,19,20). The number of nitrogens with one attached hydrogen (secondary N) is 1. The average Bonchev–Trinajstić information content (AvgIpc) is 2.87. The molecule has 0 bridgehead atoms. The number of hydrogen-bond donors (Lipinski definition) is 1. The molecule has 1 aliphatic carbocycles. The predicted octanol–water partition coefficient (Wildman–Crippen LogP) is 4.04. The van der Waals surface area contributed by atoms with Crippen molar-refractivity contribution in [3.05, 3.63) is 35.1 Å². The van der Waals surface area contributed by atoms with Crippen LogP contribution in [0.3, 0.4) is 0 Å². The molecule has 1 aliphatic rings. The molecule has 0 atom stereocenters. The molecule has 0 saturated heterocycles. The zero-order valence-electron chi connectivity index (χ0n) is 12.9. The molecule has 1 saturated carbocycles. The molecule has 1 N–H and O–H groups in total. The van der Waals surface area contributed by atoms with Crippen LogP contribution < -0.4 is 5.32 Å². The number of fused-ring (bicyclic) bond motifs is 1. The maximum atomic E-state index is 12.2. The minimum atomic E-state index is 0.114. The van der Waals surface area contributed by atoms with Crippen LogP contribution in [0.4, 0.5) is 0 Å². The largest absolute Gasteiger partial charge is 0.464 e. The van der Waals surface area contributed by atoms with Gasteiger partial charge in [0.1, 0.15) is 5.58 Å². The Hall–Kier alpha value is -1.77. The van der Waals surface area contributed by atoms with Crippen LogP contribution in [0.15, 0.2) is 22.8 Å². The van der Waals surface area contributed by atoms with Crippen molar-refractivity contribution < 1.29 is 9.21 Å². The van der Waals surface area contributed by atoms with Gasteiger partial charge in [-0.1, -0.05) is 31.4 Å². The van der Waals surface area contributed by atoms with Gasteiger partial charge < -0.3 is 9.73 Å². The Morgan fingerprint density at radius 2 is 2.00 bits per heavy atom. The molecule has 2 aromatic rings. The zero-order chi connectivity index (χ0) is 14.8. The van der Waals surface area contributed by atoms with E-state index in [0.717, 1.165) is 34.9 Å². The number of aryl methyl sites for hydroxylation is 2. The molecule has 1 heterocycles. The van der Waals surface area contributed by atoms with Crippen molar-refractivity contribution in [3.63, 3.8) is 0 Å². The first-order valence-electron chi connectivity index (χ1n) is 7.91. The summed E-state index contributed by atoms with van der Waals surface area (Å²) in [5.41, 5.74) is 4.28. The van der Waals surface area contributed by atoms with Gasteiger partial charge in [-0.2, -0.15) is 0 Å². The van der Waals surface area contributed by atoms with Crippen LogP contribution in [0.2, 0.25) is 0 Å². The second-order valence-electron chi connectivity index (χ2n) is 6.22. The lowest BCUT2D eigenvalue weighted by Crippen LogP contribution is -2.37. The highest BCUT2D eigenvalue weighted by Gasteiger charge is 2.17. The zero-order valence-corrected chi connectivity index (χ0v) is 12.9. The fraction of sp³-hybridized carbons (Fsp3) is 0.500. The van der Waals surface area contributed by atoms with Gasteiger partial charge in [0, 0.05) is 17.0 Å². The Morgan fingerprint density at radius 3 is 2.76 bits per heavy atom. The van der Waals surface area contributed by atoms with E-state index in [1.54, 1.807) is 6.26 Å². The fourth-order valence-electron chi connectivity index (χ4n) is 3.22. The van der Waals surface area contributed by atoms with Crippen molar-refractivity contribution in [1.82, 2.24) is 5.32 Å². The van der Waals surface area contributed by atoms with E-state index in [4.69, 9.17) is 4.42 Å². The summed E-state index contributed by atoms with van der Waals surface area (Å²) in [4.78, 5) is 12.2. The van der Waals surface area contributed by atoms with Crippen molar-refractivity contribution in [2.75, 3.05) is 0 Å². The lowest BCUT2D eigenvalue weighted by atomic mass is 9.95. The molecule has 21 heavy (non-hydrogen) atoms. The summed E-state index contributed by atoms with van der Waals surface area (Å²) in [5.74, 6) is 0.114. The summed E-state index contributed by atoms with van der Waals surface area (Å²) < 4.78 is 5.67. The van der Waals surface area contributed by atoms with Gasteiger partial charge in [0.15, 0.2) is 0 Å². The number of rotatable bonds is 3. The van der Waals surface area contributed by atoms with Crippen LogP contribution in [0, 0.1) is 13.8 Å². The van der Waals surface area contributed by atoms with Crippen molar-refractivity contribution in [3.8, 4) is 0 Å². The third kappa shape index (κ3) is 2.97. The van der Waals surface area contributed by atoms with E-state index < -0.39 is 0 Å². The SMILES string of the molecule is Cc1ccc2c(CC(=O)NC3CCCCC3)coc2c1C. The number of benzene rings is 1. The molecule has 0 radical (unpaired) electrons. The Labute approximate surface area is 125 Å². The molecule has 1 fully saturated rings. The normalized spacial score (nSPS) is 16.3. The lowest BCUT2D eigenvalue weighted by Gasteiger charge is -2.22. The molecule has 3 nitrogen and oxygen atoms in total. The molecule has 1 aromatic heterocycles. The molecule has 1 aromatic carbocycles. The Morgan fingerprint density at radius 1 is 1.24 bits per heavy atom. The van der Waals surface area contributed by atoms with E-state index in [1.807, 2.05) is 0 Å². The van der Waals surface area contributed by atoms with Crippen LogP contribution >= 0.6 is 0 Å². The van der Waals surface area contributed by atoms with Crippen molar-refractivity contribution >= 4 is 16.9 Å². The predicted molar refractivity (Wildman–Crippen MR) is 84.4 cm³/mol. The Bertz CT molecular complexity index is 651. The highest BCUT2D eigenvalue weighted by Crippen LogP contribution is 2.27. The summed E-state index contributed by atoms with van der Waals surface area (Å²) in [6.45, 7) is 4.14. The number of amides is 1. The van der Waals surface area contributed by atoms with Gasteiger partial charge in [0.2, 0.25) is 5.91 Å². The van der Waals surface area contributed by atoms with Gasteiger partial charge in [-0.3, -0.25) is 4.79 Å². The molecule has 3 heteroatoms. The number of hydrogen-bond acceptors (Lipinski definition) is 2. The maximum absolute atomic E-state index is 12.2. The van der Waals surface area contributed by atoms with Crippen LogP contribution in [0.25, 0.3) is 11.0 Å². The number of furan rings is 1. The topological polar surface area (TPSA) is 42.2 Å². The van der Waals surface area contributed by atoms with E-state index in [1.165, 1.54) is 24.8 Å². The first-order valence-corrected chi connectivity index (χ1v) is 7.91. The van der Waals surface area contributed by atoms with Gasteiger partial charge in [-0.15, -0.1) is 0 Å². The first kappa shape index (κ1) is 14.2. The summed E-state index contributed by atoms with van der Waals surface area (Å²) in [6, 6.07) is 4.52. The summed E-state index contributed by atoms with van der Waals surface area (Å²) in [7, 11) is 0. The van der Waals surface area contributed by atoms with E-state index in [9.17, 15) is 4.79 Å². The lowest BCUT2D eigenvalue weighted by molar-refractivity contribution is -0.121. The summed E-state index contributed by atoms with van der Waals surface area (Å²) in [5, 5.41) is 4.23. The van der Waals surface area contributed by atoms with Crippen molar-refractivity contribution in [2.24, 2.45) is 0 Å². The molecule has 0 spiro atoms. The van der Waals surface area contributed by atoms with Gasteiger partial charge in [0.05, 0.1) is 12.7 Å². The minimum Gasteiger partial charge on any atom is -0.464 e. The second-order valence-corrected chi connectivity index (χ2v) is 6.22. The van der Waals surface area contributed by atoms with Crippen molar-refractivity contribution in [1.29, 1.82) is 0 Å². The molecule has 0 aliphatic heterocycles. The van der Waals surface area contributed by atoms with E-state index in [2.05, 4.69) is 31.3 Å². The van der Waals surface area contributed by atoms with E-state index >= 15 is 0 Å². The van der Waals surface area contributed by atoms with Gasteiger partial charge >= 0.3 is 0 Å². The van der Waals surface area contributed by atoms with Crippen LogP contribution in [0.1, 0.15) is 48.8 Å². The van der Waals surface area contributed by atoms with Gasteiger partial charge in [0.25, 0.3) is 0 Å². The molecule has 3 rings (SSSR count). The summed E-state index contributed by atoms with van der Waals surface area (Å²) in [6.07, 6.45) is 8.16. The Kier molecular flexibility index (Phi) is 4.00. The molecule has 0 unspecified atom stereocenters. The van der Waals surface area contributed by atoms with Crippen LogP contribution in [-0.4, -0.2) is 11.9 Å².